The van der Waals surface area contributed by atoms with E-state index >= 15 is 0 Å². The Labute approximate surface area is 252 Å². The molecule has 0 amide bonds. The van der Waals surface area contributed by atoms with Crippen molar-refractivity contribution in [2.45, 2.75) is 0 Å². The van der Waals surface area contributed by atoms with Crippen LogP contribution in [0.15, 0.2) is 162 Å². The Balaban J connectivity index is 1.33. The van der Waals surface area contributed by atoms with Crippen molar-refractivity contribution in [3.8, 4) is 33.4 Å². The number of para-hydroxylation sites is 1. The highest BCUT2D eigenvalue weighted by Gasteiger charge is 2.19. The fraction of sp³-hybridized carbons (Fsp3) is 0. The van der Waals surface area contributed by atoms with Crippen molar-refractivity contribution in [3.63, 3.8) is 0 Å². The highest BCUT2D eigenvalue weighted by atomic mass is 16.3. The summed E-state index contributed by atoms with van der Waals surface area (Å²) < 4.78 is 22.5. The number of furan rings is 1. The van der Waals surface area contributed by atoms with Crippen LogP contribution >= 0.6 is 0 Å². The third-order valence-electron chi connectivity index (χ3n) is 8.71. The summed E-state index contributed by atoms with van der Waals surface area (Å²) in [6.07, 6.45) is 0. The molecule has 8 aromatic carbocycles. The van der Waals surface area contributed by atoms with E-state index in [9.17, 15) is 0 Å². The van der Waals surface area contributed by atoms with Crippen LogP contribution in [0.25, 0.3) is 87.6 Å². The van der Waals surface area contributed by atoms with Gasteiger partial charge in [0.15, 0.2) is 0 Å². The van der Waals surface area contributed by atoms with Crippen LogP contribution in [0.5, 0.6) is 0 Å². The molecule has 0 aliphatic heterocycles. The zero-order chi connectivity index (χ0) is 30.1. The van der Waals surface area contributed by atoms with Crippen LogP contribution in [0.2, 0.25) is 0 Å². The second-order valence-corrected chi connectivity index (χ2v) is 11.1. The second kappa shape index (κ2) is 9.44. The lowest BCUT2D eigenvalue weighted by atomic mass is 9.83. The van der Waals surface area contributed by atoms with Crippen molar-refractivity contribution >= 4 is 54.3 Å². The molecular weight excluding hydrogens is 520 g/mol. The van der Waals surface area contributed by atoms with E-state index in [0.717, 1.165) is 38.3 Å². The first-order valence-corrected chi connectivity index (χ1v) is 14.6. The number of hydrogen-bond donors (Lipinski definition) is 0. The first kappa shape index (κ1) is 22.0. The average Bonchev–Trinajstić information content (AvgIpc) is 3.46. The van der Waals surface area contributed by atoms with E-state index in [1.807, 2.05) is 36.4 Å². The van der Waals surface area contributed by atoms with Gasteiger partial charge in [0.2, 0.25) is 0 Å². The fourth-order valence-corrected chi connectivity index (χ4v) is 6.79. The molecule has 1 aromatic heterocycles. The Hall–Kier alpha value is -5.66. The van der Waals surface area contributed by atoms with Gasteiger partial charge < -0.3 is 4.42 Å². The largest absolute Gasteiger partial charge is 0.456 e. The molecule has 43 heavy (non-hydrogen) atoms. The van der Waals surface area contributed by atoms with Crippen molar-refractivity contribution in [2.24, 2.45) is 0 Å². The zero-order valence-corrected chi connectivity index (χ0v) is 23.3. The lowest BCUT2D eigenvalue weighted by molar-refractivity contribution is 0.669. The number of benzene rings is 8. The molecule has 1 heterocycles. The molecule has 9 rings (SSSR count). The highest BCUT2D eigenvalue weighted by molar-refractivity contribution is 6.23. The fourth-order valence-electron chi connectivity index (χ4n) is 6.79. The molecule has 1 heteroatoms. The predicted octanol–water partition coefficient (Wildman–Crippen LogP) is 12.0. The highest BCUT2D eigenvalue weighted by Crippen LogP contribution is 2.46. The van der Waals surface area contributed by atoms with E-state index in [1.54, 1.807) is 6.07 Å². The summed E-state index contributed by atoms with van der Waals surface area (Å²) in [6, 6.07) is 51.6. The van der Waals surface area contributed by atoms with Crippen molar-refractivity contribution < 1.29 is 7.16 Å². The topological polar surface area (TPSA) is 13.1 Å². The third kappa shape index (κ3) is 3.72. The van der Waals surface area contributed by atoms with Gasteiger partial charge in [-0.05, 0) is 89.9 Å². The van der Waals surface area contributed by atoms with E-state index in [4.69, 9.17) is 7.16 Å². The minimum absolute atomic E-state index is 0.399. The number of hydrogen-bond acceptors (Lipinski definition) is 1. The van der Waals surface area contributed by atoms with Gasteiger partial charge in [-0.2, -0.15) is 0 Å². The van der Waals surface area contributed by atoms with Gasteiger partial charge >= 0.3 is 0 Å². The monoisotopic (exact) mass is 548 g/mol. The first-order chi connectivity index (χ1) is 22.1. The Morgan fingerprint density at radius 1 is 0.395 bits per heavy atom. The Morgan fingerprint density at radius 3 is 1.84 bits per heavy atom. The van der Waals surface area contributed by atoms with Crippen LogP contribution in [0.3, 0.4) is 0 Å². The van der Waals surface area contributed by atoms with Gasteiger partial charge in [-0.15, -0.1) is 0 Å². The molecule has 9 aromatic rings. The average molecular weight is 549 g/mol. The summed E-state index contributed by atoms with van der Waals surface area (Å²) in [5, 5.41) is 9.01. The maximum absolute atomic E-state index is 8.34. The molecule has 0 saturated heterocycles. The summed E-state index contributed by atoms with van der Waals surface area (Å²) >= 11 is 0. The summed E-state index contributed by atoms with van der Waals surface area (Å²) in [5.74, 6) is 0. The van der Waals surface area contributed by atoms with Crippen LogP contribution in [0, 0.1) is 0 Å². The molecule has 200 valence electrons. The standard InChI is InChI=1S/C42H26O/c1-2-12-28-25-30(22-21-27(28)11-1)41-34-16-5-7-18-36(34)42(37-19-8-6-17-35(37)41)33-15-4-3-13-31(33)29-23-24-40-38(26-29)32-14-9-10-20-39(32)43-40/h1-26H/i1D,20D. The smallest absolute Gasteiger partial charge is 0.135 e. The third-order valence-corrected chi connectivity index (χ3v) is 8.71. The summed E-state index contributed by atoms with van der Waals surface area (Å²) in [4.78, 5) is 0. The van der Waals surface area contributed by atoms with Gasteiger partial charge in [-0.3, -0.25) is 0 Å². The first-order valence-electron chi connectivity index (χ1n) is 15.6. The Kier molecular flexibility index (Phi) is 4.83. The molecule has 0 unspecified atom stereocenters. The van der Waals surface area contributed by atoms with Gasteiger partial charge in [0, 0.05) is 10.8 Å². The molecule has 0 aliphatic rings. The number of rotatable bonds is 3. The van der Waals surface area contributed by atoms with Crippen molar-refractivity contribution in [1.82, 2.24) is 0 Å². The van der Waals surface area contributed by atoms with E-state index in [0.29, 0.717) is 17.7 Å². The van der Waals surface area contributed by atoms with Crippen LogP contribution in [-0.2, 0) is 0 Å². The lowest BCUT2D eigenvalue weighted by Gasteiger charge is -2.20. The van der Waals surface area contributed by atoms with Gasteiger partial charge in [-0.1, -0.05) is 133 Å². The van der Waals surface area contributed by atoms with Gasteiger partial charge in [0.25, 0.3) is 0 Å². The SMILES string of the molecule is [2H]c1ccc2cc(-c3c4ccccc4c(-c4ccccc4-c4ccc5oc6c([2H])cccc6c5c4)c4ccccc34)ccc2c1. The van der Waals surface area contributed by atoms with Crippen molar-refractivity contribution in [2.75, 3.05) is 0 Å². The van der Waals surface area contributed by atoms with E-state index in [1.165, 1.54) is 43.8 Å². The van der Waals surface area contributed by atoms with Gasteiger partial charge in [-0.25, -0.2) is 0 Å². The van der Waals surface area contributed by atoms with Gasteiger partial charge in [0.1, 0.15) is 11.2 Å². The molecule has 0 saturated carbocycles. The van der Waals surface area contributed by atoms with Crippen LogP contribution < -0.4 is 0 Å². The summed E-state index contributed by atoms with van der Waals surface area (Å²) in [6.45, 7) is 0. The van der Waals surface area contributed by atoms with Crippen molar-refractivity contribution in [3.05, 3.63) is 158 Å². The van der Waals surface area contributed by atoms with Crippen molar-refractivity contribution in [1.29, 1.82) is 0 Å². The van der Waals surface area contributed by atoms with Crippen LogP contribution in [0.4, 0.5) is 0 Å². The summed E-state index contributed by atoms with van der Waals surface area (Å²) in [7, 11) is 0. The quantitative estimate of drug-likeness (QED) is 0.200. The number of fused-ring (bicyclic) bond motifs is 6. The van der Waals surface area contributed by atoms with E-state index in [-0.39, 0.29) is 0 Å². The summed E-state index contributed by atoms with van der Waals surface area (Å²) in [5.41, 5.74) is 8.44. The molecule has 0 radical (unpaired) electrons. The molecule has 0 spiro atoms. The lowest BCUT2D eigenvalue weighted by Crippen LogP contribution is -1.92. The predicted molar refractivity (Wildman–Crippen MR) is 183 cm³/mol. The van der Waals surface area contributed by atoms with Crippen LogP contribution in [-0.4, -0.2) is 0 Å². The molecule has 0 fully saturated rings. The molecule has 0 bridgehead atoms. The minimum atomic E-state index is 0.399. The maximum atomic E-state index is 8.34. The molecule has 1 nitrogen and oxygen atoms in total. The van der Waals surface area contributed by atoms with E-state index < -0.39 is 0 Å². The van der Waals surface area contributed by atoms with Gasteiger partial charge in [0.05, 0.1) is 2.74 Å². The molecule has 0 atom stereocenters. The Morgan fingerprint density at radius 2 is 1.05 bits per heavy atom. The Bertz CT molecular complexity index is 2570. The van der Waals surface area contributed by atoms with E-state index in [2.05, 4.69) is 103 Å². The normalized spacial score (nSPS) is 12.4. The van der Waals surface area contributed by atoms with Crippen LogP contribution in [0.1, 0.15) is 2.74 Å². The second-order valence-electron chi connectivity index (χ2n) is 11.1. The zero-order valence-electron chi connectivity index (χ0n) is 25.3. The molecule has 0 aliphatic carbocycles. The minimum Gasteiger partial charge on any atom is -0.456 e. The maximum Gasteiger partial charge on any atom is 0.135 e. The molecular formula is C42H26O. The molecule has 0 N–H and O–H groups in total.